The zero-order valence-corrected chi connectivity index (χ0v) is 11.2. The van der Waals surface area contributed by atoms with E-state index < -0.39 is 0 Å². The van der Waals surface area contributed by atoms with E-state index in [0.29, 0.717) is 30.7 Å². The van der Waals surface area contributed by atoms with Crippen molar-refractivity contribution in [3.05, 3.63) is 16.7 Å². The van der Waals surface area contributed by atoms with E-state index >= 15 is 0 Å². The van der Waals surface area contributed by atoms with Crippen LogP contribution >= 0.6 is 15.9 Å². The molecule has 0 unspecified atom stereocenters. The minimum absolute atomic E-state index is 0.488. The Kier molecular flexibility index (Phi) is 5.55. The predicted octanol–water partition coefficient (Wildman–Crippen LogP) is 2.48. The maximum absolute atomic E-state index is 5.56. The summed E-state index contributed by atoms with van der Waals surface area (Å²) in [4.78, 5) is 4.06. The van der Waals surface area contributed by atoms with E-state index in [-0.39, 0.29) is 0 Å². The number of hydrogen-bond acceptors (Lipinski definition) is 4. The van der Waals surface area contributed by atoms with Gasteiger partial charge in [-0.25, -0.2) is 4.98 Å². The van der Waals surface area contributed by atoms with Gasteiger partial charge in [0.05, 0.1) is 23.0 Å². The van der Waals surface area contributed by atoms with Gasteiger partial charge in [-0.05, 0) is 27.9 Å². The molecule has 0 radical (unpaired) electrons. The van der Waals surface area contributed by atoms with Crippen LogP contribution < -0.4 is 10.5 Å². The Balaban J connectivity index is 2.27. The minimum Gasteiger partial charge on any atom is -0.474 e. The first-order chi connectivity index (χ1) is 7.59. The van der Waals surface area contributed by atoms with Gasteiger partial charge in [0.15, 0.2) is 0 Å². The monoisotopic (exact) mass is 288 g/mol. The molecule has 0 aromatic carbocycles. The summed E-state index contributed by atoms with van der Waals surface area (Å²) in [7, 11) is 0. The number of anilines is 1. The molecule has 0 aliphatic heterocycles. The smallest absolute Gasteiger partial charge is 0.228 e. The largest absolute Gasteiger partial charge is 0.474 e. The van der Waals surface area contributed by atoms with E-state index in [4.69, 9.17) is 15.2 Å². The second-order valence-electron chi connectivity index (χ2n) is 3.87. The molecular formula is C11H17BrN2O2. The van der Waals surface area contributed by atoms with Crippen molar-refractivity contribution in [3.8, 4) is 5.88 Å². The van der Waals surface area contributed by atoms with E-state index in [9.17, 15) is 0 Å². The van der Waals surface area contributed by atoms with Crippen molar-refractivity contribution in [1.82, 2.24) is 4.98 Å². The zero-order chi connectivity index (χ0) is 12.0. The quantitative estimate of drug-likeness (QED) is 0.817. The van der Waals surface area contributed by atoms with Crippen molar-refractivity contribution in [2.75, 3.05) is 25.6 Å². The van der Waals surface area contributed by atoms with Crippen LogP contribution in [-0.2, 0) is 4.74 Å². The minimum atomic E-state index is 0.488. The van der Waals surface area contributed by atoms with Crippen molar-refractivity contribution in [3.63, 3.8) is 0 Å². The molecule has 1 heterocycles. The Morgan fingerprint density at radius 3 is 2.81 bits per heavy atom. The lowest BCUT2D eigenvalue weighted by Gasteiger charge is -2.09. The van der Waals surface area contributed by atoms with Crippen LogP contribution in [0.5, 0.6) is 5.88 Å². The summed E-state index contributed by atoms with van der Waals surface area (Å²) in [6.45, 7) is 6.02. The lowest BCUT2D eigenvalue weighted by atomic mass is 10.2. The van der Waals surface area contributed by atoms with Crippen molar-refractivity contribution >= 4 is 21.6 Å². The van der Waals surface area contributed by atoms with Crippen LogP contribution in [0.2, 0.25) is 0 Å². The van der Waals surface area contributed by atoms with Crippen LogP contribution in [0.3, 0.4) is 0 Å². The van der Waals surface area contributed by atoms with Crippen molar-refractivity contribution in [2.45, 2.75) is 13.8 Å². The summed E-state index contributed by atoms with van der Waals surface area (Å²) in [5.74, 6) is 1.09. The number of hydrogen-bond donors (Lipinski definition) is 1. The van der Waals surface area contributed by atoms with Crippen molar-refractivity contribution in [1.29, 1.82) is 0 Å². The second-order valence-corrected chi connectivity index (χ2v) is 4.73. The van der Waals surface area contributed by atoms with Gasteiger partial charge in [-0.15, -0.1) is 0 Å². The Hall–Kier alpha value is -0.810. The summed E-state index contributed by atoms with van der Waals surface area (Å²) in [5.41, 5.74) is 6.17. The Morgan fingerprint density at radius 1 is 1.44 bits per heavy atom. The van der Waals surface area contributed by atoms with Crippen LogP contribution in [-0.4, -0.2) is 24.8 Å². The Bertz CT molecular complexity index is 332. The molecule has 0 bridgehead atoms. The summed E-state index contributed by atoms with van der Waals surface area (Å²) in [5, 5.41) is 0. The topological polar surface area (TPSA) is 57.4 Å². The maximum Gasteiger partial charge on any atom is 0.228 e. The average Bonchev–Trinajstić information content (AvgIpc) is 2.20. The SMILES string of the molecule is CC(C)COCCOc1ncc(N)cc1Br. The second kappa shape index (κ2) is 6.70. The molecule has 2 N–H and O–H groups in total. The predicted molar refractivity (Wildman–Crippen MR) is 67.5 cm³/mol. The molecule has 1 aromatic heterocycles. The molecule has 1 rings (SSSR count). The first kappa shape index (κ1) is 13.3. The molecule has 0 aliphatic carbocycles. The number of halogens is 1. The molecule has 0 saturated heterocycles. The van der Waals surface area contributed by atoms with Gasteiger partial charge in [-0.3, -0.25) is 0 Å². The van der Waals surface area contributed by atoms with E-state index in [1.165, 1.54) is 0 Å². The fourth-order valence-corrected chi connectivity index (χ4v) is 1.54. The summed E-state index contributed by atoms with van der Waals surface area (Å²) >= 11 is 3.33. The van der Waals surface area contributed by atoms with Gasteiger partial charge in [0, 0.05) is 6.61 Å². The van der Waals surface area contributed by atoms with Crippen molar-refractivity contribution < 1.29 is 9.47 Å². The van der Waals surface area contributed by atoms with Crippen LogP contribution in [0.1, 0.15) is 13.8 Å². The fourth-order valence-electron chi connectivity index (χ4n) is 1.06. The first-order valence-corrected chi connectivity index (χ1v) is 6.00. The highest BCUT2D eigenvalue weighted by Crippen LogP contribution is 2.23. The molecule has 0 amide bonds. The molecule has 0 spiro atoms. The number of aromatic nitrogens is 1. The lowest BCUT2D eigenvalue weighted by Crippen LogP contribution is -2.11. The van der Waals surface area contributed by atoms with Gasteiger partial charge in [0.1, 0.15) is 6.61 Å². The number of nitrogens with two attached hydrogens (primary N) is 1. The number of ether oxygens (including phenoxy) is 2. The van der Waals surface area contributed by atoms with E-state index in [1.54, 1.807) is 12.3 Å². The zero-order valence-electron chi connectivity index (χ0n) is 9.57. The van der Waals surface area contributed by atoms with Gasteiger partial charge in [0.2, 0.25) is 5.88 Å². The highest BCUT2D eigenvalue weighted by molar-refractivity contribution is 9.10. The molecule has 1 aromatic rings. The Morgan fingerprint density at radius 2 is 2.19 bits per heavy atom. The fraction of sp³-hybridized carbons (Fsp3) is 0.545. The number of rotatable bonds is 6. The van der Waals surface area contributed by atoms with Crippen LogP contribution in [0, 0.1) is 5.92 Å². The maximum atomic E-state index is 5.56. The van der Waals surface area contributed by atoms with Crippen LogP contribution in [0.15, 0.2) is 16.7 Å². The molecule has 0 atom stereocenters. The normalized spacial score (nSPS) is 10.8. The van der Waals surface area contributed by atoms with Gasteiger partial charge in [-0.1, -0.05) is 13.8 Å². The van der Waals surface area contributed by atoms with E-state index in [2.05, 4.69) is 34.8 Å². The molecule has 16 heavy (non-hydrogen) atoms. The molecule has 90 valence electrons. The number of nitrogen functional groups attached to an aromatic ring is 1. The average molecular weight is 289 g/mol. The molecule has 5 heteroatoms. The number of nitrogens with zero attached hydrogens (tertiary/aromatic N) is 1. The third-order valence-electron chi connectivity index (χ3n) is 1.75. The van der Waals surface area contributed by atoms with Gasteiger partial charge in [0.25, 0.3) is 0 Å². The summed E-state index contributed by atoms with van der Waals surface area (Å²) in [6.07, 6.45) is 1.56. The molecule has 0 fully saturated rings. The highest BCUT2D eigenvalue weighted by atomic mass is 79.9. The molecule has 0 aliphatic rings. The van der Waals surface area contributed by atoms with Gasteiger partial charge in [-0.2, -0.15) is 0 Å². The molecular weight excluding hydrogens is 272 g/mol. The van der Waals surface area contributed by atoms with Crippen LogP contribution in [0.4, 0.5) is 5.69 Å². The first-order valence-electron chi connectivity index (χ1n) is 5.21. The molecule has 4 nitrogen and oxygen atoms in total. The third kappa shape index (κ3) is 4.81. The van der Waals surface area contributed by atoms with Gasteiger partial charge >= 0.3 is 0 Å². The van der Waals surface area contributed by atoms with Gasteiger partial charge < -0.3 is 15.2 Å². The van der Waals surface area contributed by atoms with Crippen LogP contribution in [0.25, 0.3) is 0 Å². The third-order valence-corrected chi connectivity index (χ3v) is 2.31. The standard InChI is InChI=1S/C11H17BrN2O2/c1-8(2)7-15-3-4-16-11-10(12)5-9(13)6-14-11/h5-6,8H,3-4,7,13H2,1-2H3. The molecule has 0 saturated carbocycles. The summed E-state index contributed by atoms with van der Waals surface area (Å²) < 4.78 is 11.6. The lowest BCUT2D eigenvalue weighted by molar-refractivity contribution is 0.0804. The van der Waals surface area contributed by atoms with E-state index in [0.717, 1.165) is 11.1 Å². The summed E-state index contributed by atoms with van der Waals surface area (Å²) in [6, 6.07) is 1.76. The van der Waals surface area contributed by atoms with E-state index in [1.807, 2.05) is 0 Å². The highest BCUT2D eigenvalue weighted by Gasteiger charge is 2.03. The number of pyridine rings is 1. The Labute approximate surface area is 104 Å². The van der Waals surface area contributed by atoms with Crippen molar-refractivity contribution in [2.24, 2.45) is 5.92 Å².